The van der Waals surface area contributed by atoms with Gasteiger partial charge in [0.15, 0.2) is 0 Å². The molecule has 0 unspecified atom stereocenters. The largest absolute Gasteiger partial charge is 0.496 e. The van der Waals surface area contributed by atoms with Gasteiger partial charge in [0.2, 0.25) is 10.0 Å². The van der Waals surface area contributed by atoms with Crippen molar-refractivity contribution in [3.63, 3.8) is 0 Å². The molecule has 174 valence electrons. The van der Waals surface area contributed by atoms with Gasteiger partial charge in [-0.05, 0) is 48.6 Å². The van der Waals surface area contributed by atoms with Gasteiger partial charge in [0.1, 0.15) is 11.6 Å². The summed E-state index contributed by atoms with van der Waals surface area (Å²) in [6.45, 7) is 3.45. The van der Waals surface area contributed by atoms with Crippen LogP contribution in [0.4, 0.5) is 4.39 Å². The smallest absolute Gasteiger partial charge is 0.255 e. The molecule has 0 saturated carbocycles. The first kappa shape index (κ1) is 24.5. The number of benzene rings is 2. The van der Waals surface area contributed by atoms with E-state index in [4.69, 9.17) is 4.74 Å². The number of carbonyl (C=O) groups is 1. The zero-order valence-corrected chi connectivity index (χ0v) is 20.0. The number of carbonyl (C=O) groups excluding carboxylic acids is 1. The quantitative estimate of drug-likeness (QED) is 0.551. The van der Waals surface area contributed by atoms with Crippen LogP contribution in [0.25, 0.3) is 0 Å². The van der Waals surface area contributed by atoms with Gasteiger partial charge in [0, 0.05) is 31.1 Å². The van der Waals surface area contributed by atoms with Crippen LogP contribution in [0, 0.1) is 11.7 Å². The number of thioether (sulfide) groups is 1. The van der Waals surface area contributed by atoms with Crippen molar-refractivity contribution in [2.45, 2.75) is 30.4 Å². The van der Waals surface area contributed by atoms with Crippen LogP contribution in [0.5, 0.6) is 5.75 Å². The van der Waals surface area contributed by atoms with Crippen molar-refractivity contribution in [3.05, 3.63) is 59.4 Å². The highest BCUT2D eigenvalue weighted by molar-refractivity contribution is 7.98. The number of hydrogen-bond donors (Lipinski definition) is 1. The highest BCUT2D eigenvalue weighted by Crippen LogP contribution is 2.27. The molecule has 1 heterocycles. The fourth-order valence-corrected chi connectivity index (χ4v) is 5.87. The number of sulfonamides is 1. The van der Waals surface area contributed by atoms with Crippen LogP contribution in [0.1, 0.15) is 35.7 Å². The van der Waals surface area contributed by atoms with Crippen molar-refractivity contribution in [1.82, 2.24) is 9.62 Å². The van der Waals surface area contributed by atoms with Gasteiger partial charge < -0.3 is 10.1 Å². The van der Waals surface area contributed by atoms with Gasteiger partial charge in [0.25, 0.3) is 5.91 Å². The van der Waals surface area contributed by atoms with Gasteiger partial charge in [-0.1, -0.05) is 25.1 Å². The highest BCUT2D eigenvalue weighted by Gasteiger charge is 2.29. The third kappa shape index (κ3) is 6.02. The highest BCUT2D eigenvalue weighted by atomic mass is 32.2. The second-order valence-electron chi connectivity index (χ2n) is 7.85. The van der Waals surface area contributed by atoms with Crippen LogP contribution in [0.2, 0.25) is 0 Å². The molecule has 1 aliphatic heterocycles. The van der Waals surface area contributed by atoms with E-state index in [9.17, 15) is 17.6 Å². The fourth-order valence-electron chi connectivity index (χ4n) is 3.53. The molecular formula is C23H29FN2O4S2. The van der Waals surface area contributed by atoms with Gasteiger partial charge in [0.05, 0.1) is 17.6 Å². The molecule has 2 aromatic rings. The Kier molecular flexibility index (Phi) is 8.56. The van der Waals surface area contributed by atoms with E-state index in [1.54, 1.807) is 18.2 Å². The van der Waals surface area contributed by atoms with Crippen molar-refractivity contribution in [2.75, 3.05) is 32.5 Å². The summed E-state index contributed by atoms with van der Waals surface area (Å²) in [5, 5.41) is 2.80. The Morgan fingerprint density at radius 3 is 2.62 bits per heavy atom. The molecule has 1 fully saturated rings. The van der Waals surface area contributed by atoms with Gasteiger partial charge in [-0.15, -0.1) is 0 Å². The molecule has 1 saturated heterocycles. The zero-order valence-electron chi connectivity index (χ0n) is 18.3. The summed E-state index contributed by atoms with van der Waals surface area (Å²) < 4.78 is 46.5. The van der Waals surface area contributed by atoms with Crippen molar-refractivity contribution in [1.29, 1.82) is 0 Å². The molecule has 0 aliphatic carbocycles. The SMILES string of the molecule is COc1ccc(S(=O)(=O)N2CCC(C)CC2)cc1C(=O)NCCSCc1ccccc1F. The van der Waals surface area contributed by atoms with E-state index in [1.165, 1.54) is 47.4 Å². The lowest BCUT2D eigenvalue weighted by Gasteiger charge is -2.29. The van der Waals surface area contributed by atoms with Gasteiger partial charge in [-0.2, -0.15) is 16.1 Å². The minimum absolute atomic E-state index is 0.0898. The van der Waals surface area contributed by atoms with Crippen LogP contribution >= 0.6 is 11.8 Å². The molecule has 0 atom stereocenters. The second-order valence-corrected chi connectivity index (χ2v) is 10.9. The molecule has 0 bridgehead atoms. The number of piperidine rings is 1. The monoisotopic (exact) mass is 480 g/mol. The van der Waals surface area contributed by atoms with Crippen LogP contribution < -0.4 is 10.1 Å². The third-order valence-corrected chi connectivity index (χ3v) is 8.45. The maximum atomic E-state index is 13.7. The van der Waals surface area contributed by atoms with E-state index < -0.39 is 15.9 Å². The summed E-state index contributed by atoms with van der Waals surface area (Å²) in [6.07, 6.45) is 1.65. The molecule has 1 N–H and O–H groups in total. The summed E-state index contributed by atoms with van der Waals surface area (Å²) in [5.74, 6) is 1.27. The van der Waals surface area contributed by atoms with Crippen LogP contribution in [-0.2, 0) is 15.8 Å². The third-order valence-electron chi connectivity index (χ3n) is 5.54. The van der Waals surface area contributed by atoms with E-state index in [-0.39, 0.29) is 16.3 Å². The molecule has 6 nitrogen and oxygen atoms in total. The summed E-state index contributed by atoms with van der Waals surface area (Å²) in [5.41, 5.74) is 0.800. The van der Waals surface area contributed by atoms with Gasteiger partial charge >= 0.3 is 0 Å². The van der Waals surface area contributed by atoms with Crippen molar-refractivity contribution in [2.24, 2.45) is 5.92 Å². The molecule has 3 rings (SSSR count). The summed E-state index contributed by atoms with van der Waals surface area (Å²) in [6, 6.07) is 11.0. The summed E-state index contributed by atoms with van der Waals surface area (Å²) in [7, 11) is -2.23. The first-order valence-corrected chi connectivity index (χ1v) is 13.2. The van der Waals surface area contributed by atoms with Crippen molar-refractivity contribution in [3.8, 4) is 5.75 Å². The van der Waals surface area contributed by atoms with E-state index >= 15 is 0 Å². The Hall–Kier alpha value is -2.10. The Labute approximate surface area is 193 Å². The Morgan fingerprint density at radius 1 is 1.22 bits per heavy atom. The fraction of sp³-hybridized carbons (Fsp3) is 0.435. The van der Waals surface area contributed by atoms with Crippen LogP contribution in [0.3, 0.4) is 0 Å². The normalized spacial score (nSPS) is 15.5. The standard InChI is InChI=1S/C23H29FN2O4S2/c1-17-9-12-26(13-10-17)32(28,29)19-7-8-22(30-2)20(15-19)23(27)25-11-14-31-16-18-5-3-4-6-21(18)24/h3-8,15,17H,9-14,16H2,1-2H3,(H,25,27). The minimum atomic E-state index is -3.67. The minimum Gasteiger partial charge on any atom is -0.496 e. The average Bonchev–Trinajstić information content (AvgIpc) is 2.79. The summed E-state index contributed by atoms with van der Waals surface area (Å²) >= 11 is 1.51. The topological polar surface area (TPSA) is 75.7 Å². The molecule has 0 radical (unpaired) electrons. The molecule has 32 heavy (non-hydrogen) atoms. The van der Waals surface area contributed by atoms with E-state index in [2.05, 4.69) is 12.2 Å². The predicted molar refractivity (Wildman–Crippen MR) is 125 cm³/mol. The van der Waals surface area contributed by atoms with Gasteiger partial charge in [-0.3, -0.25) is 4.79 Å². The number of methoxy groups -OCH3 is 1. The maximum Gasteiger partial charge on any atom is 0.255 e. The Bertz CT molecular complexity index is 1040. The second kappa shape index (κ2) is 11.2. The first-order valence-electron chi connectivity index (χ1n) is 10.6. The lowest BCUT2D eigenvalue weighted by Crippen LogP contribution is -2.38. The number of rotatable bonds is 9. The van der Waals surface area contributed by atoms with Crippen molar-refractivity contribution >= 4 is 27.7 Å². The van der Waals surface area contributed by atoms with Crippen molar-refractivity contribution < 1.29 is 22.3 Å². The lowest BCUT2D eigenvalue weighted by atomic mass is 10.0. The molecule has 1 amide bonds. The van der Waals surface area contributed by atoms with E-state index in [0.717, 1.165) is 12.8 Å². The molecule has 9 heteroatoms. The van der Waals surface area contributed by atoms with E-state index in [1.807, 2.05) is 0 Å². The average molecular weight is 481 g/mol. The lowest BCUT2D eigenvalue weighted by molar-refractivity contribution is 0.0953. The number of nitrogens with zero attached hydrogens (tertiary/aromatic N) is 1. The van der Waals surface area contributed by atoms with Crippen LogP contribution in [-0.4, -0.2) is 51.1 Å². The maximum absolute atomic E-state index is 13.7. The van der Waals surface area contributed by atoms with Gasteiger partial charge in [-0.25, -0.2) is 12.8 Å². The molecule has 2 aromatic carbocycles. The Morgan fingerprint density at radius 2 is 1.94 bits per heavy atom. The molecule has 0 spiro atoms. The number of hydrogen-bond acceptors (Lipinski definition) is 5. The molecule has 1 aliphatic rings. The summed E-state index contributed by atoms with van der Waals surface area (Å²) in [4.78, 5) is 12.8. The number of amides is 1. The number of ether oxygens (including phenoxy) is 1. The Balaban J connectivity index is 1.62. The van der Waals surface area contributed by atoms with E-state index in [0.29, 0.717) is 48.4 Å². The molecular weight excluding hydrogens is 451 g/mol. The van der Waals surface area contributed by atoms with Crippen LogP contribution in [0.15, 0.2) is 47.4 Å². The zero-order chi connectivity index (χ0) is 23.1. The molecule has 0 aromatic heterocycles. The number of halogens is 1. The first-order chi connectivity index (χ1) is 15.3. The number of nitrogens with one attached hydrogen (secondary N) is 1. The predicted octanol–water partition coefficient (Wildman–Crippen LogP) is 3.92.